The number of thioether (sulfide) groups is 1. The van der Waals surface area contributed by atoms with Crippen LogP contribution < -0.4 is 10.6 Å². The molecule has 2 heterocycles. The molecular formula is C32H51ClN4O4S. The first-order valence-corrected chi connectivity index (χ1v) is 16.8. The predicted molar refractivity (Wildman–Crippen MR) is 172 cm³/mol. The van der Waals surface area contributed by atoms with Crippen molar-refractivity contribution in [2.24, 2.45) is 5.92 Å². The van der Waals surface area contributed by atoms with Gasteiger partial charge in [0, 0.05) is 38.0 Å². The van der Waals surface area contributed by atoms with Gasteiger partial charge in [0.15, 0.2) is 0 Å². The topological polar surface area (TPSA) is 91.0 Å². The van der Waals surface area contributed by atoms with Gasteiger partial charge in [-0.1, -0.05) is 49.6 Å². The van der Waals surface area contributed by atoms with Gasteiger partial charge < -0.3 is 15.4 Å². The molecule has 3 aliphatic rings. The minimum absolute atomic E-state index is 0. The smallest absolute Gasteiger partial charge is 0.410 e. The summed E-state index contributed by atoms with van der Waals surface area (Å²) in [5, 5.41) is 6.30. The van der Waals surface area contributed by atoms with E-state index in [0.29, 0.717) is 24.6 Å². The van der Waals surface area contributed by atoms with E-state index in [1.807, 2.05) is 26.8 Å². The van der Waals surface area contributed by atoms with E-state index in [0.717, 1.165) is 44.6 Å². The summed E-state index contributed by atoms with van der Waals surface area (Å²) in [6, 6.07) is 9.35. The van der Waals surface area contributed by atoms with Crippen molar-refractivity contribution in [2.45, 2.75) is 109 Å². The summed E-state index contributed by atoms with van der Waals surface area (Å²) < 4.78 is 5.55. The van der Waals surface area contributed by atoms with E-state index >= 15 is 0 Å². The maximum Gasteiger partial charge on any atom is 0.410 e. The zero-order valence-electron chi connectivity index (χ0n) is 25.6. The van der Waals surface area contributed by atoms with E-state index in [4.69, 9.17) is 4.74 Å². The monoisotopic (exact) mass is 622 g/mol. The highest BCUT2D eigenvalue weighted by Gasteiger charge is 2.38. The van der Waals surface area contributed by atoms with Crippen LogP contribution in [0.25, 0.3) is 0 Å². The van der Waals surface area contributed by atoms with Crippen LogP contribution in [0.3, 0.4) is 0 Å². The Morgan fingerprint density at radius 3 is 2.31 bits per heavy atom. The molecule has 2 atom stereocenters. The summed E-state index contributed by atoms with van der Waals surface area (Å²) in [5.41, 5.74) is 0.676. The van der Waals surface area contributed by atoms with E-state index in [2.05, 4.69) is 39.8 Å². The predicted octanol–water partition coefficient (Wildman–Crippen LogP) is 5.39. The van der Waals surface area contributed by atoms with Crippen LogP contribution in [0.15, 0.2) is 30.3 Å². The Morgan fingerprint density at radius 2 is 1.64 bits per heavy atom. The zero-order chi connectivity index (χ0) is 29.2. The van der Waals surface area contributed by atoms with Crippen LogP contribution in [0.2, 0.25) is 0 Å². The van der Waals surface area contributed by atoms with Crippen LogP contribution in [0.1, 0.15) is 84.1 Å². The second kappa shape index (κ2) is 16.8. The van der Waals surface area contributed by atoms with Gasteiger partial charge in [-0.15, -0.1) is 12.4 Å². The second-order valence-electron chi connectivity index (χ2n) is 13.0. The number of piperidine rings is 1. The number of hydrogen-bond acceptors (Lipinski definition) is 6. The number of nitrogens with zero attached hydrogens (tertiary/aromatic N) is 2. The number of hydrogen-bond donors (Lipinski definition) is 2. The molecular weight excluding hydrogens is 572 g/mol. The second-order valence-corrected chi connectivity index (χ2v) is 14.1. The standard InChI is InChI=1S/C32H50N4O4S.ClH/c1-32(2,3)40-31(39)36-18-10-15-28(36)30(38)34-27(23-41-22-25-13-8-5-9-14-25)29(37)33-26-16-19-35(20-17-26)21-24-11-6-4-7-12-24;/h4,6-7,11-12,25-28H,5,8-10,13-23H2,1-3H3,(H,33,37)(H,34,38);1H/t27-,28-;/m0./s1. The Bertz CT molecular complexity index is 994. The van der Waals surface area contributed by atoms with Crippen LogP contribution in [0.4, 0.5) is 4.79 Å². The molecule has 2 saturated heterocycles. The highest BCUT2D eigenvalue weighted by atomic mass is 35.5. The number of halogens is 1. The Kier molecular flexibility index (Phi) is 13.8. The van der Waals surface area contributed by atoms with Gasteiger partial charge in [-0.25, -0.2) is 4.79 Å². The largest absolute Gasteiger partial charge is 0.444 e. The number of carbonyl (C=O) groups is 3. The molecule has 0 aromatic heterocycles. The van der Waals surface area contributed by atoms with Gasteiger partial charge >= 0.3 is 6.09 Å². The Morgan fingerprint density at radius 1 is 0.952 bits per heavy atom. The molecule has 2 aliphatic heterocycles. The average Bonchev–Trinajstić information content (AvgIpc) is 3.44. The highest BCUT2D eigenvalue weighted by molar-refractivity contribution is 7.99. The van der Waals surface area contributed by atoms with Crippen LogP contribution in [0.5, 0.6) is 0 Å². The number of nitrogens with one attached hydrogen (secondary N) is 2. The van der Waals surface area contributed by atoms with Crippen LogP contribution in [0, 0.1) is 5.92 Å². The lowest BCUT2D eigenvalue weighted by Crippen LogP contribution is -2.56. The third-order valence-electron chi connectivity index (χ3n) is 8.36. The summed E-state index contributed by atoms with van der Waals surface area (Å²) in [6.07, 6.45) is 9.05. The summed E-state index contributed by atoms with van der Waals surface area (Å²) in [4.78, 5) is 43.8. The van der Waals surface area contributed by atoms with Crippen molar-refractivity contribution >= 4 is 42.1 Å². The van der Waals surface area contributed by atoms with Gasteiger partial charge in [-0.3, -0.25) is 19.4 Å². The van der Waals surface area contributed by atoms with Crippen molar-refractivity contribution in [3.8, 4) is 0 Å². The van der Waals surface area contributed by atoms with E-state index < -0.39 is 23.8 Å². The van der Waals surface area contributed by atoms with Gasteiger partial charge in [0.1, 0.15) is 17.7 Å². The lowest BCUT2D eigenvalue weighted by molar-refractivity contribution is -0.131. The SMILES string of the molecule is CC(C)(C)OC(=O)N1CCC[C@H]1C(=O)N[C@@H](CSCC1CCCCC1)C(=O)NC1CCN(Cc2ccccc2)CC1.Cl. The van der Waals surface area contributed by atoms with Crippen molar-refractivity contribution < 1.29 is 19.1 Å². The van der Waals surface area contributed by atoms with Gasteiger partial charge in [-0.05, 0) is 76.5 Å². The van der Waals surface area contributed by atoms with E-state index in [9.17, 15) is 14.4 Å². The number of benzene rings is 1. The lowest BCUT2D eigenvalue weighted by Gasteiger charge is -2.33. The first-order chi connectivity index (χ1) is 19.7. The molecule has 1 aromatic carbocycles. The molecule has 236 valence electrons. The normalized spacial score (nSPS) is 21.3. The maximum atomic E-state index is 13.6. The zero-order valence-corrected chi connectivity index (χ0v) is 27.3. The first-order valence-electron chi connectivity index (χ1n) is 15.6. The molecule has 4 rings (SSSR count). The van der Waals surface area contributed by atoms with Crippen LogP contribution in [-0.2, 0) is 20.9 Å². The lowest BCUT2D eigenvalue weighted by atomic mass is 9.91. The number of carbonyl (C=O) groups excluding carboxylic acids is 3. The molecule has 0 spiro atoms. The van der Waals surface area contributed by atoms with Crippen molar-refractivity contribution in [1.29, 1.82) is 0 Å². The molecule has 42 heavy (non-hydrogen) atoms. The van der Waals surface area contributed by atoms with Gasteiger partial charge in [0.05, 0.1) is 0 Å². The Hall–Kier alpha value is -1.97. The van der Waals surface area contributed by atoms with Crippen LogP contribution >= 0.6 is 24.2 Å². The Labute approximate surface area is 262 Å². The summed E-state index contributed by atoms with van der Waals surface area (Å²) >= 11 is 1.77. The molecule has 0 unspecified atom stereocenters. The van der Waals surface area contributed by atoms with Crippen molar-refractivity contribution in [1.82, 2.24) is 20.4 Å². The molecule has 1 saturated carbocycles. The van der Waals surface area contributed by atoms with E-state index in [1.165, 1.54) is 42.6 Å². The minimum atomic E-state index is -0.629. The Balaban J connectivity index is 0.00000484. The fourth-order valence-corrected chi connectivity index (χ4v) is 7.39. The molecule has 10 heteroatoms. The minimum Gasteiger partial charge on any atom is -0.444 e. The molecule has 8 nitrogen and oxygen atoms in total. The molecule has 2 N–H and O–H groups in total. The van der Waals surface area contributed by atoms with Crippen molar-refractivity contribution in [3.63, 3.8) is 0 Å². The number of amides is 3. The summed E-state index contributed by atoms with van der Waals surface area (Å²) in [5.74, 6) is 1.88. The molecule has 3 amide bonds. The average molecular weight is 623 g/mol. The third kappa shape index (κ3) is 10.9. The maximum absolute atomic E-state index is 13.6. The number of rotatable bonds is 10. The van der Waals surface area contributed by atoms with Crippen molar-refractivity contribution in [3.05, 3.63) is 35.9 Å². The molecule has 0 bridgehead atoms. The fraction of sp³-hybridized carbons (Fsp3) is 0.719. The third-order valence-corrected chi connectivity index (χ3v) is 9.64. The molecule has 0 radical (unpaired) electrons. The number of likely N-dealkylation sites (tertiary alicyclic amines) is 2. The quantitative estimate of drug-likeness (QED) is 0.364. The molecule has 1 aliphatic carbocycles. The molecule has 3 fully saturated rings. The van der Waals surface area contributed by atoms with Crippen LogP contribution in [-0.4, -0.2) is 82.6 Å². The molecule has 1 aromatic rings. The van der Waals surface area contributed by atoms with Gasteiger partial charge in [0.25, 0.3) is 0 Å². The fourth-order valence-electron chi connectivity index (χ4n) is 6.11. The van der Waals surface area contributed by atoms with Crippen molar-refractivity contribution in [2.75, 3.05) is 31.1 Å². The highest BCUT2D eigenvalue weighted by Crippen LogP contribution is 2.27. The van der Waals surface area contributed by atoms with Gasteiger partial charge in [-0.2, -0.15) is 11.8 Å². The van der Waals surface area contributed by atoms with E-state index in [-0.39, 0.29) is 30.3 Å². The van der Waals surface area contributed by atoms with Gasteiger partial charge in [0.2, 0.25) is 11.8 Å². The summed E-state index contributed by atoms with van der Waals surface area (Å²) in [7, 11) is 0. The number of ether oxygens (including phenoxy) is 1. The first kappa shape index (κ1) is 34.5. The van der Waals surface area contributed by atoms with E-state index in [1.54, 1.807) is 11.8 Å². The summed E-state index contributed by atoms with van der Waals surface area (Å²) in [6.45, 7) is 8.75.